The summed E-state index contributed by atoms with van der Waals surface area (Å²) in [6.45, 7) is 3.80. The number of ether oxygens (including phenoxy) is 1. The molecule has 0 aromatic carbocycles. The van der Waals surface area contributed by atoms with E-state index < -0.39 is 0 Å². The van der Waals surface area contributed by atoms with Crippen molar-refractivity contribution >= 4 is 11.7 Å². The van der Waals surface area contributed by atoms with Crippen LogP contribution in [0.25, 0.3) is 0 Å². The monoisotopic (exact) mass is 197 g/mol. The van der Waals surface area contributed by atoms with E-state index in [0.29, 0.717) is 19.0 Å². The second-order valence-corrected chi connectivity index (χ2v) is 4.11. The lowest BCUT2D eigenvalue weighted by Gasteiger charge is -2.21. The number of carbonyl (C=O) groups excluding carboxylic acids is 2. The molecule has 0 aliphatic carbocycles. The minimum Gasteiger partial charge on any atom is -0.378 e. The van der Waals surface area contributed by atoms with Crippen molar-refractivity contribution in [2.75, 3.05) is 19.7 Å². The number of likely N-dealkylation sites (tertiary alicyclic amines) is 1. The highest BCUT2D eigenvalue weighted by atomic mass is 16.5. The first-order valence-electron chi connectivity index (χ1n) is 5.08. The fourth-order valence-corrected chi connectivity index (χ4v) is 2.10. The first-order valence-corrected chi connectivity index (χ1v) is 5.08. The van der Waals surface area contributed by atoms with Crippen molar-refractivity contribution in [3.05, 3.63) is 0 Å². The molecule has 2 saturated heterocycles. The Hall–Kier alpha value is -0.900. The van der Waals surface area contributed by atoms with Gasteiger partial charge in [0.1, 0.15) is 0 Å². The molecule has 0 N–H and O–H groups in total. The van der Waals surface area contributed by atoms with Crippen LogP contribution in [0.3, 0.4) is 0 Å². The SMILES string of the molecule is CC1OCCC1CN1CC(=O)CC1=O. The molecule has 2 fully saturated rings. The summed E-state index contributed by atoms with van der Waals surface area (Å²) < 4.78 is 5.41. The fraction of sp³-hybridized carbons (Fsp3) is 0.800. The zero-order valence-electron chi connectivity index (χ0n) is 8.36. The van der Waals surface area contributed by atoms with E-state index >= 15 is 0 Å². The van der Waals surface area contributed by atoms with E-state index in [1.807, 2.05) is 6.92 Å². The molecule has 2 heterocycles. The molecule has 0 spiro atoms. The topological polar surface area (TPSA) is 46.6 Å². The van der Waals surface area contributed by atoms with Gasteiger partial charge >= 0.3 is 0 Å². The van der Waals surface area contributed by atoms with Crippen molar-refractivity contribution in [2.24, 2.45) is 5.92 Å². The van der Waals surface area contributed by atoms with Crippen molar-refractivity contribution in [3.63, 3.8) is 0 Å². The van der Waals surface area contributed by atoms with E-state index in [9.17, 15) is 9.59 Å². The highest BCUT2D eigenvalue weighted by molar-refractivity contribution is 6.05. The molecule has 0 aromatic heterocycles. The Morgan fingerprint density at radius 3 is 2.79 bits per heavy atom. The number of Topliss-reactive ketones (excluding diaryl/α,β-unsaturated/α-hetero) is 1. The van der Waals surface area contributed by atoms with E-state index in [1.54, 1.807) is 4.90 Å². The fourth-order valence-electron chi connectivity index (χ4n) is 2.10. The lowest BCUT2D eigenvalue weighted by Crippen LogP contribution is -2.33. The lowest BCUT2D eigenvalue weighted by atomic mass is 10.0. The zero-order chi connectivity index (χ0) is 10.1. The molecule has 2 aliphatic rings. The van der Waals surface area contributed by atoms with Gasteiger partial charge in [-0.05, 0) is 13.3 Å². The predicted octanol–water partition coefficient (Wildman–Crippen LogP) is 0.213. The van der Waals surface area contributed by atoms with Crippen molar-refractivity contribution < 1.29 is 14.3 Å². The lowest BCUT2D eigenvalue weighted by molar-refractivity contribution is -0.128. The largest absolute Gasteiger partial charge is 0.378 e. The molecule has 0 radical (unpaired) electrons. The molecule has 14 heavy (non-hydrogen) atoms. The average Bonchev–Trinajstić information content (AvgIpc) is 2.62. The molecule has 0 saturated carbocycles. The second kappa shape index (κ2) is 3.69. The minimum absolute atomic E-state index is 0.0194. The molecule has 2 rings (SSSR count). The van der Waals surface area contributed by atoms with E-state index in [-0.39, 0.29) is 24.2 Å². The average molecular weight is 197 g/mol. The maximum absolute atomic E-state index is 11.3. The summed E-state index contributed by atoms with van der Waals surface area (Å²) in [6.07, 6.45) is 1.32. The van der Waals surface area contributed by atoms with Crippen LogP contribution in [0.5, 0.6) is 0 Å². The summed E-state index contributed by atoms with van der Waals surface area (Å²) in [5.74, 6) is 0.431. The molecular formula is C10H15NO3. The van der Waals surface area contributed by atoms with Gasteiger partial charge in [0.15, 0.2) is 5.78 Å². The highest BCUT2D eigenvalue weighted by Gasteiger charge is 2.32. The first kappa shape index (κ1) is 9.65. The second-order valence-electron chi connectivity index (χ2n) is 4.11. The summed E-state index contributed by atoms with van der Waals surface area (Å²) >= 11 is 0. The zero-order valence-corrected chi connectivity index (χ0v) is 8.36. The third-order valence-electron chi connectivity index (χ3n) is 3.06. The van der Waals surface area contributed by atoms with Crippen LogP contribution in [0.2, 0.25) is 0 Å². The summed E-state index contributed by atoms with van der Waals surface area (Å²) in [7, 11) is 0. The predicted molar refractivity (Wildman–Crippen MR) is 49.7 cm³/mol. The van der Waals surface area contributed by atoms with E-state index in [2.05, 4.69) is 0 Å². The number of nitrogens with zero attached hydrogens (tertiary/aromatic N) is 1. The van der Waals surface area contributed by atoms with Gasteiger partial charge in [-0.25, -0.2) is 0 Å². The smallest absolute Gasteiger partial charge is 0.230 e. The number of hydrogen-bond acceptors (Lipinski definition) is 3. The molecule has 78 valence electrons. The van der Waals surface area contributed by atoms with Gasteiger partial charge in [-0.15, -0.1) is 0 Å². The van der Waals surface area contributed by atoms with Gasteiger partial charge in [0.2, 0.25) is 5.91 Å². The molecule has 2 aliphatic heterocycles. The van der Waals surface area contributed by atoms with Crippen LogP contribution in [0, 0.1) is 5.92 Å². The van der Waals surface area contributed by atoms with Gasteiger partial charge < -0.3 is 9.64 Å². The minimum atomic E-state index is -0.0194. The number of carbonyl (C=O) groups is 2. The van der Waals surface area contributed by atoms with Gasteiger partial charge in [-0.2, -0.15) is 0 Å². The Balaban J connectivity index is 1.91. The molecular weight excluding hydrogens is 182 g/mol. The van der Waals surface area contributed by atoms with E-state index in [0.717, 1.165) is 13.0 Å². The van der Waals surface area contributed by atoms with Crippen LogP contribution >= 0.6 is 0 Å². The van der Waals surface area contributed by atoms with Crippen LogP contribution in [-0.2, 0) is 14.3 Å². The summed E-state index contributed by atoms with van der Waals surface area (Å²) in [4.78, 5) is 24.0. The number of amides is 1. The summed E-state index contributed by atoms with van der Waals surface area (Å²) in [5, 5.41) is 0. The van der Waals surface area contributed by atoms with Crippen LogP contribution in [0.15, 0.2) is 0 Å². The summed E-state index contributed by atoms with van der Waals surface area (Å²) in [6, 6.07) is 0. The number of ketones is 1. The number of rotatable bonds is 2. The molecule has 2 atom stereocenters. The van der Waals surface area contributed by atoms with Crippen LogP contribution in [0.4, 0.5) is 0 Å². The van der Waals surface area contributed by atoms with Gasteiger partial charge in [-0.1, -0.05) is 0 Å². The van der Waals surface area contributed by atoms with Crippen molar-refractivity contribution in [1.29, 1.82) is 0 Å². The Morgan fingerprint density at radius 2 is 2.29 bits per heavy atom. The van der Waals surface area contributed by atoms with Crippen LogP contribution in [0.1, 0.15) is 19.8 Å². The Labute approximate surface area is 83.2 Å². The highest BCUT2D eigenvalue weighted by Crippen LogP contribution is 2.22. The van der Waals surface area contributed by atoms with Crippen molar-refractivity contribution in [3.8, 4) is 0 Å². The third kappa shape index (κ3) is 1.80. The molecule has 1 amide bonds. The normalized spacial score (nSPS) is 33.1. The number of hydrogen-bond donors (Lipinski definition) is 0. The van der Waals surface area contributed by atoms with Gasteiger partial charge in [-0.3, -0.25) is 9.59 Å². The molecule has 0 aromatic rings. The standard InChI is InChI=1S/C10H15NO3/c1-7-8(2-3-14-7)5-11-6-9(12)4-10(11)13/h7-8H,2-6H2,1H3. The van der Waals surface area contributed by atoms with Crippen LogP contribution < -0.4 is 0 Å². The van der Waals surface area contributed by atoms with Gasteiger partial charge in [0.25, 0.3) is 0 Å². The molecule has 4 heteroatoms. The van der Waals surface area contributed by atoms with Crippen LogP contribution in [-0.4, -0.2) is 42.4 Å². The Morgan fingerprint density at radius 1 is 1.50 bits per heavy atom. The van der Waals surface area contributed by atoms with Gasteiger partial charge in [0, 0.05) is 19.1 Å². The van der Waals surface area contributed by atoms with Crippen molar-refractivity contribution in [1.82, 2.24) is 4.90 Å². The van der Waals surface area contributed by atoms with Gasteiger partial charge in [0.05, 0.1) is 19.1 Å². The summed E-state index contributed by atoms with van der Waals surface area (Å²) in [5.41, 5.74) is 0. The van der Waals surface area contributed by atoms with E-state index in [1.165, 1.54) is 0 Å². The maximum atomic E-state index is 11.3. The Kier molecular flexibility index (Phi) is 2.54. The quantitative estimate of drug-likeness (QED) is 0.595. The molecule has 4 nitrogen and oxygen atoms in total. The first-order chi connectivity index (χ1) is 6.66. The molecule has 2 unspecified atom stereocenters. The third-order valence-corrected chi connectivity index (χ3v) is 3.06. The Bertz CT molecular complexity index is 264. The van der Waals surface area contributed by atoms with Crippen molar-refractivity contribution in [2.45, 2.75) is 25.9 Å². The molecule has 0 bridgehead atoms. The van der Waals surface area contributed by atoms with E-state index in [4.69, 9.17) is 4.74 Å². The maximum Gasteiger partial charge on any atom is 0.230 e.